The summed E-state index contributed by atoms with van der Waals surface area (Å²) in [7, 11) is 0. The van der Waals surface area contributed by atoms with Crippen LogP contribution in [-0.2, 0) is 19.4 Å². The number of nitrogens with zero attached hydrogens (tertiary/aromatic N) is 1. The van der Waals surface area contributed by atoms with Crippen LogP contribution in [0, 0.1) is 12.7 Å². The van der Waals surface area contributed by atoms with Crippen molar-refractivity contribution in [1.82, 2.24) is 15.6 Å². The first-order chi connectivity index (χ1) is 10.6. The Hall–Kier alpha value is -1.95. The molecule has 118 valence electrons. The lowest BCUT2D eigenvalue weighted by atomic mass is 10.2. The summed E-state index contributed by atoms with van der Waals surface area (Å²) < 4.78 is 12.8. The molecule has 0 spiro atoms. The summed E-state index contributed by atoms with van der Waals surface area (Å²) >= 11 is 1.68. The van der Waals surface area contributed by atoms with Gasteiger partial charge >= 0.3 is 6.03 Å². The maximum atomic E-state index is 12.8. The Kier molecular flexibility index (Phi) is 5.89. The van der Waals surface area contributed by atoms with Crippen LogP contribution >= 0.6 is 11.3 Å². The molecule has 2 N–H and O–H groups in total. The zero-order valence-corrected chi connectivity index (χ0v) is 13.6. The van der Waals surface area contributed by atoms with Gasteiger partial charge in [-0.15, -0.1) is 11.3 Å². The van der Waals surface area contributed by atoms with E-state index in [0.717, 1.165) is 29.1 Å². The largest absolute Gasteiger partial charge is 0.338 e. The first-order valence-corrected chi connectivity index (χ1v) is 8.11. The van der Waals surface area contributed by atoms with Crippen molar-refractivity contribution in [2.75, 3.05) is 6.54 Å². The lowest BCUT2D eigenvalue weighted by molar-refractivity contribution is 0.240. The summed E-state index contributed by atoms with van der Waals surface area (Å²) in [4.78, 5) is 17.5. The Morgan fingerprint density at radius 1 is 1.27 bits per heavy atom. The average molecular weight is 321 g/mol. The average Bonchev–Trinajstić information content (AvgIpc) is 2.87. The number of halogens is 1. The maximum absolute atomic E-state index is 12.8. The lowest BCUT2D eigenvalue weighted by Crippen LogP contribution is -2.36. The van der Waals surface area contributed by atoms with Gasteiger partial charge in [0.05, 0.1) is 10.7 Å². The van der Waals surface area contributed by atoms with Gasteiger partial charge in [-0.05, 0) is 31.0 Å². The molecular weight excluding hydrogens is 301 g/mol. The van der Waals surface area contributed by atoms with Crippen LogP contribution in [-0.4, -0.2) is 17.6 Å². The molecule has 0 radical (unpaired) electrons. The fraction of sp³-hybridized carbons (Fsp3) is 0.375. The van der Waals surface area contributed by atoms with E-state index in [9.17, 15) is 9.18 Å². The van der Waals surface area contributed by atoms with E-state index in [0.29, 0.717) is 13.1 Å². The molecule has 0 aliphatic rings. The summed E-state index contributed by atoms with van der Waals surface area (Å²) in [6.07, 6.45) is 1.67. The van der Waals surface area contributed by atoms with Crippen LogP contribution in [0.1, 0.15) is 28.1 Å². The van der Waals surface area contributed by atoms with Gasteiger partial charge in [-0.3, -0.25) is 0 Å². The van der Waals surface area contributed by atoms with Gasteiger partial charge < -0.3 is 10.6 Å². The third kappa shape index (κ3) is 4.80. The van der Waals surface area contributed by atoms with Crippen molar-refractivity contribution in [1.29, 1.82) is 0 Å². The van der Waals surface area contributed by atoms with Crippen molar-refractivity contribution < 1.29 is 9.18 Å². The predicted octanol–water partition coefficient (Wildman–Crippen LogP) is 3.19. The number of aromatic nitrogens is 1. The number of rotatable bonds is 6. The lowest BCUT2D eigenvalue weighted by Gasteiger charge is -2.07. The Morgan fingerprint density at radius 2 is 2.00 bits per heavy atom. The molecule has 0 bridgehead atoms. The van der Waals surface area contributed by atoms with Gasteiger partial charge in [0.1, 0.15) is 5.82 Å². The number of benzene rings is 1. The minimum absolute atomic E-state index is 0.228. The number of nitrogens with one attached hydrogen (secondary N) is 2. The molecule has 6 heteroatoms. The van der Waals surface area contributed by atoms with E-state index in [-0.39, 0.29) is 11.8 Å². The summed E-state index contributed by atoms with van der Waals surface area (Å²) in [6, 6.07) is 5.84. The normalized spacial score (nSPS) is 10.5. The zero-order valence-electron chi connectivity index (χ0n) is 12.8. The number of hydrogen-bond acceptors (Lipinski definition) is 3. The molecule has 22 heavy (non-hydrogen) atoms. The second kappa shape index (κ2) is 7.89. The van der Waals surface area contributed by atoms with Gasteiger partial charge in [-0.25, -0.2) is 14.2 Å². The molecule has 2 amide bonds. The summed E-state index contributed by atoms with van der Waals surface area (Å²) in [5.41, 5.74) is 2.00. The number of amides is 2. The quantitative estimate of drug-likeness (QED) is 0.858. The van der Waals surface area contributed by atoms with Crippen LogP contribution in [0.5, 0.6) is 0 Å². The Balaban J connectivity index is 1.70. The molecule has 0 saturated heterocycles. The van der Waals surface area contributed by atoms with Gasteiger partial charge in [-0.1, -0.05) is 19.1 Å². The summed E-state index contributed by atoms with van der Waals surface area (Å²) in [5, 5.41) is 6.59. The van der Waals surface area contributed by atoms with Crippen LogP contribution in [0.15, 0.2) is 24.3 Å². The van der Waals surface area contributed by atoms with Crippen molar-refractivity contribution in [2.24, 2.45) is 0 Å². The monoisotopic (exact) mass is 321 g/mol. The van der Waals surface area contributed by atoms with Crippen LogP contribution in [0.4, 0.5) is 9.18 Å². The molecule has 0 aliphatic heterocycles. The molecule has 1 aromatic carbocycles. The molecule has 0 aliphatic carbocycles. The van der Waals surface area contributed by atoms with E-state index in [1.165, 1.54) is 17.0 Å². The number of carbonyl (C=O) groups excluding carboxylic acids is 1. The van der Waals surface area contributed by atoms with E-state index >= 15 is 0 Å². The zero-order chi connectivity index (χ0) is 15.9. The molecule has 4 nitrogen and oxygen atoms in total. The third-order valence-electron chi connectivity index (χ3n) is 3.26. The minimum atomic E-state index is -0.279. The number of hydrogen-bond donors (Lipinski definition) is 2. The highest BCUT2D eigenvalue weighted by molar-refractivity contribution is 7.11. The predicted molar refractivity (Wildman–Crippen MR) is 86.6 cm³/mol. The van der Waals surface area contributed by atoms with Gasteiger partial charge in [-0.2, -0.15) is 0 Å². The molecule has 0 atom stereocenters. The van der Waals surface area contributed by atoms with E-state index in [4.69, 9.17) is 0 Å². The fourth-order valence-corrected chi connectivity index (χ4v) is 3.07. The smallest absolute Gasteiger partial charge is 0.315 e. The van der Waals surface area contributed by atoms with Crippen LogP contribution < -0.4 is 10.6 Å². The van der Waals surface area contributed by atoms with E-state index in [2.05, 4.69) is 29.5 Å². The molecule has 1 aromatic heterocycles. The van der Waals surface area contributed by atoms with E-state index in [1.54, 1.807) is 23.5 Å². The molecule has 0 fully saturated rings. The van der Waals surface area contributed by atoms with Crippen molar-refractivity contribution >= 4 is 17.4 Å². The van der Waals surface area contributed by atoms with Gasteiger partial charge in [0.25, 0.3) is 0 Å². The molecule has 0 unspecified atom stereocenters. The van der Waals surface area contributed by atoms with Crippen molar-refractivity contribution in [3.8, 4) is 0 Å². The van der Waals surface area contributed by atoms with Crippen molar-refractivity contribution in [3.05, 3.63) is 51.2 Å². The molecule has 2 rings (SSSR count). The van der Waals surface area contributed by atoms with Crippen LogP contribution in [0.3, 0.4) is 0 Å². The second-order valence-corrected chi connectivity index (χ2v) is 6.24. The second-order valence-electron chi connectivity index (χ2n) is 4.95. The highest BCUT2D eigenvalue weighted by atomic mass is 32.1. The number of carbonyl (C=O) groups is 1. The SMILES string of the molecule is CCc1nc(CCNC(=O)NCc2ccc(F)cc2)sc1C. The third-order valence-corrected chi connectivity index (χ3v) is 4.34. The van der Waals surface area contributed by atoms with Gasteiger partial charge in [0.15, 0.2) is 0 Å². The fourth-order valence-electron chi connectivity index (χ4n) is 2.05. The topological polar surface area (TPSA) is 54.0 Å². The highest BCUT2D eigenvalue weighted by Crippen LogP contribution is 2.17. The number of thiazole rings is 1. The Labute approximate surface area is 133 Å². The maximum Gasteiger partial charge on any atom is 0.315 e. The number of aryl methyl sites for hydroxylation is 2. The van der Waals surface area contributed by atoms with Crippen molar-refractivity contribution in [3.63, 3.8) is 0 Å². The highest BCUT2D eigenvalue weighted by Gasteiger charge is 2.06. The van der Waals surface area contributed by atoms with Gasteiger partial charge in [0, 0.05) is 24.4 Å². The summed E-state index contributed by atoms with van der Waals surface area (Å²) in [5.74, 6) is -0.279. The van der Waals surface area contributed by atoms with Crippen LogP contribution in [0.25, 0.3) is 0 Å². The Morgan fingerprint density at radius 3 is 2.64 bits per heavy atom. The minimum Gasteiger partial charge on any atom is -0.338 e. The first-order valence-electron chi connectivity index (χ1n) is 7.29. The molecular formula is C16H20FN3OS. The molecule has 0 saturated carbocycles. The standard InChI is InChI=1S/C16H20FN3OS/c1-3-14-11(2)22-15(20-14)8-9-18-16(21)19-10-12-4-6-13(17)7-5-12/h4-7H,3,8-10H2,1-2H3,(H2,18,19,21). The van der Waals surface area contributed by atoms with Crippen LogP contribution in [0.2, 0.25) is 0 Å². The first kappa shape index (κ1) is 16.4. The Bertz CT molecular complexity index is 625. The summed E-state index contributed by atoms with van der Waals surface area (Å²) in [6.45, 7) is 5.09. The van der Waals surface area contributed by atoms with E-state index < -0.39 is 0 Å². The number of urea groups is 1. The van der Waals surface area contributed by atoms with E-state index in [1.807, 2.05) is 0 Å². The van der Waals surface area contributed by atoms with Gasteiger partial charge in [0.2, 0.25) is 0 Å². The molecule has 2 aromatic rings. The molecule has 1 heterocycles. The van der Waals surface area contributed by atoms with Crippen molar-refractivity contribution in [2.45, 2.75) is 33.2 Å².